The molecule has 1 nitrogen and oxygen atoms in total. The highest BCUT2D eigenvalue weighted by molar-refractivity contribution is 9.09. The van der Waals surface area contributed by atoms with Crippen LogP contribution in [0.3, 0.4) is 0 Å². The molecule has 0 spiro atoms. The Balaban J connectivity index is 2.30. The standard InChI is InChI=1S/C15H22BrFO/c1-12(2)11-18-8-7-14(10-16)9-13-3-5-15(17)6-4-13/h3-6,12,14H,7-11H2,1-2H3. The second kappa shape index (κ2) is 8.65. The first-order chi connectivity index (χ1) is 8.61. The van der Waals surface area contributed by atoms with Crippen molar-refractivity contribution in [3.63, 3.8) is 0 Å². The van der Waals surface area contributed by atoms with Crippen LogP contribution in [0.5, 0.6) is 0 Å². The average Bonchev–Trinajstić information content (AvgIpc) is 2.35. The number of hydrogen-bond donors (Lipinski definition) is 0. The Morgan fingerprint density at radius 2 is 1.89 bits per heavy atom. The molecule has 0 radical (unpaired) electrons. The molecule has 0 aliphatic heterocycles. The van der Waals surface area contributed by atoms with Crippen LogP contribution in [0.2, 0.25) is 0 Å². The van der Waals surface area contributed by atoms with Crippen molar-refractivity contribution in [2.45, 2.75) is 26.7 Å². The Morgan fingerprint density at radius 3 is 2.44 bits per heavy atom. The van der Waals surface area contributed by atoms with Gasteiger partial charge in [-0.2, -0.15) is 0 Å². The predicted molar refractivity (Wildman–Crippen MR) is 77.7 cm³/mol. The summed E-state index contributed by atoms with van der Waals surface area (Å²) in [5.74, 6) is 0.960. The second-order valence-electron chi connectivity index (χ2n) is 5.11. The number of halogens is 2. The maximum absolute atomic E-state index is 12.8. The summed E-state index contributed by atoms with van der Waals surface area (Å²) < 4.78 is 18.4. The fourth-order valence-corrected chi connectivity index (χ4v) is 2.31. The lowest BCUT2D eigenvalue weighted by atomic mass is 9.98. The summed E-state index contributed by atoms with van der Waals surface area (Å²) in [6.07, 6.45) is 2.01. The largest absolute Gasteiger partial charge is 0.381 e. The summed E-state index contributed by atoms with van der Waals surface area (Å²) in [5, 5.41) is 0.954. The van der Waals surface area contributed by atoms with Gasteiger partial charge in [-0.15, -0.1) is 0 Å². The van der Waals surface area contributed by atoms with E-state index in [2.05, 4.69) is 29.8 Å². The smallest absolute Gasteiger partial charge is 0.123 e. The molecule has 1 aromatic carbocycles. The Hall–Kier alpha value is -0.410. The molecule has 18 heavy (non-hydrogen) atoms. The molecule has 1 atom stereocenters. The highest BCUT2D eigenvalue weighted by atomic mass is 79.9. The van der Waals surface area contributed by atoms with Crippen LogP contribution in [-0.2, 0) is 11.2 Å². The Labute approximate surface area is 118 Å². The van der Waals surface area contributed by atoms with Crippen LogP contribution in [0.4, 0.5) is 4.39 Å². The molecule has 1 unspecified atom stereocenters. The van der Waals surface area contributed by atoms with Gasteiger partial charge in [-0.3, -0.25) is 0 Å². The first-order valence-corrected chi connectivity index (χ1v) is 7.62. The zero-order valence-corrected chi connectivity index (χ0v) is 12.7. The van der Waals surface area contributed by atoms with Gasteiger partial charge in [-0.05, 0) is 42.4 Å². The highest BCUT2D eigenvalue weighted by Gasteiger charge is 2.08. The monoisotopic (exact) mass is 316 g/mol. The minimum absolute atomic E-state index is 0.172. The molecule has 1 aromatic rings. The summed E-state index contributed by atoms with van der Waals surface area (Å²) in [6.45, 7) is 5.93. The lowest BCUT2D eigenvalue weighted by Gasteiger charge is -2.15. The van der Waals surface area contributed by atoms with Crippen LogP contribution in [0.25, 0.3) is 0 Å². The first-order valence-electron chi connectivity index (χ1n) is 6.50. The van der Waals surface area contributed by atoms with E-state index in [4.69, 9.17) is 4.74 Å². The van der Waals surface area contributed by atoms with Crippen LogP contribution in [0, 0.1) is 17.7 Å². The Kier molecular flexibility index (Phi) is 7.52. The minimum atomic E-state index is -0.172. The van der Waals surface area contributed by atoms with Gasteiger partial charge >= 0.3 is 0 Å². The Morgan fingerprint density at radius 1 is 1.22 bits per heavy atom. The zero-order valence-electron chi connectivity index (χ0n) is 11.2. The van der Waals surface area contributed by atoms with E-state index in [0.29, 0.717) is 11.8 Å². The lowest BCUT2D eigenvalue weighted by molar-refractivity contribution is 0.0998. The van der Waals surface area contributed by atoms with Gasteiger partial charge in [0.2, 0.25) is 0 Å². The zero-order chi connectivity index (χ0) is 13.4. The van der Waals surface area contributed by atoms with Crippen molar-refractivity contribution < 1.29 is 9.13 Å². The van der Waals surface area contributed by atoms with Gasteiger partial charge in [-0.1, -0.05) is 41.9 Å². The topological polar surface area (TPSA) is 9.23 Å². The van der Waals surface area contributed by atoms with E-state index in [0.717, 1.165) is 31.4 Å². The van der Waals surface area contributed by atoms with Crippen molar-refractivity contribution in [3.05, 3.63) is 35.6 Å². The summed E-state index contributed by atoms with van der Waals surface area (Å²) >= 11 is 3.54. The van der Waals surface area contributed by atoms with Crippen molar-refractivity contribution in [3.8, 4) is 0 Å². The molecule has 0 N–H and O–H groups in total. The SMILES string of the molecule is CC(C)COCCC(CBr)Cc1ccc(F)cc1. The van der Waals surface area contributed by atoms with Gasteiger partial charge in [0.1, 0.15) is 5.82 Å². The molecule has 0 aliphatic carbocycles. The summed E-state index contributed by atoms with van der Waals surface area (Å²) in [4.78, 5) is 0. The third kappa shape index (κ3) is 6.50. The third-order valence-corrected chi connectivity index (χ3v) is 3.69. The lowest BCUT2D eigenvalue weighted by Crippen LogP contribution is -2.12. The van der Waals surface area contributed by atoms with E-state index in [1.165, 1.54) is 17.7 Å². The molecule has 1 rings (SSSR count). The molecule has 102 valence electrons. The second-order valence-corrected chi connectivity index (χ2v) is 5.76. The summed E-state index contributed by atoms with van der Waals surface area (Å²) in [6, 6.07) is 6.77. The molecule has 0 aliphatic rings. The van der Waals surface area contributed by atoms with Gasteiger partial charge in [0.05, 0.1) is 0 Å². The van der Waals surface area contributed by atoms with E-state index in [1.54, 1.807) is 0 Å². The van der Waals surface area contributed by atoms with Crippen molar-refractivity contribution in [2.24, 2.45) is 11.8 Å². The molecule has 0 saturated heterocycles. The van der Waals surface area contributed by atoms with Gasteiger partial charge in [-0.25, -0.2) is 4.39 Å². The van der Waals surface area contributed by atoms with Crippen molar-refractivity contribution in [1.29, 1.82) is 0 Å². The summed E-state index contributed by atoms with van der Waals surface area (Å²) in [5.41, 5.74) is 1.18. The van der Waals surface area contributed by atoms with Gasteiger partial charge in [0.15, 0.2) is 0 Å². The van der Waals surface area contributed by atoms with Crippen LogP contribution >= 0.6 is 15.9 Å². The molecule has 0 saturated carbocycles. The van der Waals surface area contributed by atoms with Crippen LogP contribution in [-0.4, -0.2) is 18.5 Å². The van der Waals surface area contributed by atoms with Crippen LogP contribution < -0.4 is 0 Å². The molecule has 3 heteroatoms. The van der Waals surface area contributed by atoms with Crippen LogP contribution in [0.15, 0.2) is 24.3 Å². The molecule has 0 bridgehead atoms. The van der Waals surface area contributed by atoms with Gasteiger partial charge in [0, 0.05) is 18.5 Å². The van der Waals surface area contributed by atoms with Gasteiger partial charge < -0.3 is 4.74 Å². The fourth-order valence-electron chi connectivity index (χ4n) is 1.76. The van der Waals surface area contributed by atoms with E-state index >= 15 is 0 Å². The first kappa shape index (κ1) is 15.6. The highest BCUT2D eigenvalue weighted by Crippen LogP contribution is 2.15. The Bertz CT molecular complexity index is 324. The van der Waals surface area contributed by atoms with Crippen molar-refractivity contribution in [2.75, 3.05) is 18.5 Å². The summed E-state index contributed by atoms with van der Waals surface area (Å²) in [7, 11) is 0. The third-order valence-electron chi connectivity index (χ3n) is 2.78. The van der Waals surface area contributed by atoms with Crippen molar-refractivity contribution >= 4 is 15.9 Å². The van der Waals surface area contributed by atoms with E-state index < -0.39 is 0 Å². The molecular formula is C15H22BrFO. The number of alkyl halides is 1. The van der Waals surface area contributed by atoms with E-state index in [1.807, 2.05) is 12.1 Å². The van der Waals surface area contributed by atoms with E-state index in [9.17, 15) is 4.39 Å². The van der Waals surface area contributed by atoms with Crippen molar-refractivity contribution in [1.82, 2.24) is 0 Å². The van der Waals surface area contributed by atoms with Crippen LogP contribution in [0.1, 0.15) is 25.8 Å². The van der Waals surface area contributed by atoms with Gasteiger partial charge in [0.25, 0.3) is 0 Å². The minimum Gasteiger partial charge on any atom is -0.381 e. The maximum atomic E-state index is 12.8. The normalized spacial score (nSPS) is 12.9. The average molecular weight is 317 g/mol. The maximum Gasteiger partial charge on any atom is 0.123 e. The fraction of sp³-hybridized carbons (Fsp3) is 0.600. The molecule has 0 aromatic heterocycles. The molecule has 0 heterocycles. The number of rotatable bonds is 8. The number of benzene rings is 1. The number of hydrogen-bond acceptors (Lipinski definition) is 1. The predicted octanol–water partition coefficient (Wildman–Crippen LogP) is 4.44. The van der Waals surface area contributed by atoms with E-state index in [-0.39, 0.29) is 5.82 Å². The number of ether oxygens (including phenoxy) is 1. The molecule has 0 fully saturated rings. The quantitative estimate of drug-likeness (QED) is 0.509. The molecule has 0 amide bonds. The molecular weight excluding hydrogens is 295 g/mol.